The van der Waals surface area contributed by atoms with Crippen molar-refractivity contribution in [1.29, 1.82) is 0 Å². The molecular formula is C16H22O2. The van der Waals surface area contributed by atoms with E-state index in [1.807, 2.05) is 12.1 Å². The number of hydrogen-bond donors (Lipinski definition) is 1. The minimum atomic E-state index is -0.197. The third-order valence-corrected chi connectivity index (χ3v) is 3.93. The van der Waals surface area contributed by atoms with E-state index >= 15 is 0 Å². The van der Waals surface area contributed by atoms with E-state index in [-0.39, 0.29) is 17.8 Å². The molecule has 0 aromatic heterocycles. The number of Topliss-reactive ketones (excluding diaryl/α,β-unsaturated/α-hetero) is 1. The number of carbonyl (C=O) groups excluding carboxylic acids is 1. The Morgan fingerprint density at radius 3 is 2.17 bits per heavy atom. The van der Waals surface area contributed by atoms with E-state index in [9.17, 15) is 9.90 Å². The molecule has 1 aliphatic carbocycles. The van der Waals surface area contributed by atoms with E-state index in [1.165, 1.54) is 5.56 Å². The van der Waals surface area contributed by atoms with Crippen LogP contribution in [0.3, 0.4) is 0 Å². The maximum atomic E-state index is 12.3. The van der Waals surface area contributed by atoms with Gasteiger partial charge in [0.2, 0.25) is 0 Å². The fourth-order valence-electron chi connectivity index (χ4n) is 2.61. The topological polar surface area (TPSA) is 37.3 Å². The minimum Gasteiger partial charge on any atom is -0.393 e. The van der Waals surface area contributed by atoms with Crippen molar-refractivity contribution < 1.29 is 9.90 Å². The van der Waals surface area contributed by atoms with Crippen LogP contribution in [0.25, 0.3) is 0 Å². The highest BCUT2D eigenvalue weighted by Gasteiger charge is 2.25. The van der Waals surface area contributed by atoms with Crippen LogP contribution in [0.15, 0.2) is 24.3 Å². The summed E-state index contributed by atoms with van der Waals surface area (Å²) in [5.41, 5.74) is 2.09. The monoisotopic (exact) mass is 246 g/mol. The summed E-state index contributed by atoms with van der Waals surface area (Å²) in [5.74, 6) is 0.856. The van der Waals surface area contributed by atoms with Crippen molar-refractivity contribution in [1.82, 2.24) is 0 Å². The molecule has 18 heavy (non-hydrogen) atoms. The van der Waals surface area contributed by atoms with Gasteiger partial charge in [0.1, 0.15) is 0 Å². The van der Waals surface area contributed by atoms with E-state index in [1.54, 1.807) is 0 Å². The Bertz CT molecular complexity index is 398. The van der Waals surface area contributed by atoms with Crippen LogP contribution in [-0.4, -0.2) is 17.0 Å². The first kappa shape index (κ1) is 13.3. The molecule has 0 bridgehead atoms. The third-order valence-electron chi connectivity index (χ3n) is 3.93. The molecule has 1 N–H and O–H groups in total. The lowest BCUT2D eigenvalue weighted by atomic mass is 9.82. The summed E-state index contributed by atoms with van der Waals surface area (Å²) in [6, 6.07) is 8.00. The van der Waals surface area contributed by atoms with Gasteiger partial charge in [0.05, 0.1) is 6.10 Å². The second kappa shape index (κ2) is 5.66. The zero-order chi connectivity index (χ0) is 13.1. The third kappa shape index (κ3) is 2.99. The number of benzene rings is 1. The molecule has 2 rings (SSSR count). The Hall–Kier alpha value is -1.15. The molecule has 0 aliphatic heterocycles. The van der Waals surface area contributed by atoms with Gasteiger partial charge in [0.25, 0.3) is 0 Å². The van der Waals surface area contributed by atoms with Crippen molar-refractivity contribution in [2.45, 2.75) is 51.6 Å². The van der Waals surface area contributed by atoms with Gasteiger partial charge in [0.15, 0.2) is 5.78 Å². The average molecular weight is 246 g/mol. The number of aliphatic hydroxyl groups is 1. The molecule has 0 amide bonds. The number of aliphatic hydroxyl groups excluding tert-OH is 1. The predicted molar refractivity (Wildman–Crippen MR) is 72.8 cm³/mol. The van der Waals surface area contributed by atoms with Crippen LogP contribution in [0, 0.1) is 5.92 Å². The highest BCUT2D eigenvalue weighted by Crippen LogP contribution is 2.27. The predicted octanol–water partition coefficient (Wildman–Crippen LogP) is 3.54. The largest absolute Gasteiger partial charge is 0.393 e. The van der Waals surface area contributed by atoms with Crippen LogP contribution in [0.1, 0.15) is 61.4 Å². The molecular weight excluding hydrogens is 224 g/mol. The Morgan fingerprint density at radius 1 is 1.11 bits per heavy atom. The summed E-state index contributed by atoms with van der Waals surface area (Å²) in [6.45, 7) is 4.30. The Balaban J connectivity index is 2.04. The normalized spacial score (nSPS) is 24.2. The van der Waals surface area contributed by atoms with E-state index in [2.05, 4.69) is 26.0 Å². The standard InChI is InChI=1S/C16H22O2/c1-11(2)12-3-5-13(6-4-12)16(18)14-7-9-15(17)10-8-14/h3-6,11,14-15,17H,7-10H2,1-2H3. The number of ketones is 1. The fourth-order valence-corrected chi connectivity index (χ4v) is 2.61. The van der Waals surface area contributed by atoms with Gasteiger partial charge >= 0.3 is 0 Å². The summed E-state index contributed by atoms with van der Waals surface area (Å²) >= 11 is 0. The summed E-state index contributed by atoms with van der Waals surface area (Å²) in [6.07, 6.45) is 2.98. The molecule has 0 atom stereocenters. The molecule has 1 aliphatic rings. The summed E-state index contributed by atoms with van der Waals surface area (Å²) in [7, 11) is 0. The number of hydrogen-bond acceptors (Lipinski definition) is 2. The highest BCUT2D eigenvalue weighted by molar-refractivity contribution is 5.97. The van der Waals surface area contributed by atoms with Gasteiger partial charge in [-0.25, -0.2) is 0 Å². The van der Waals surface area contributed by atoms with Crippen molar-refractivity contribution >= 4 is 5.78 Å². The van der Waals surface area contributed by atoms with Gasteiger partial charge in [-0.15, -0.1) is 0 Å². The first-order valence-corrected chi connectivity index (χ1v) is 6.90. The molecule has 1 aromatic carbocycles. The lowest BCUT2D eigenvalue weighted by molar-refractivity contribution is 0.0764. The molecule has 0 heterocycles. The molecule has 98 valence electrons. The molecule has 1 saturated carbocycles. The molecule has 1 aromatic rings. The van der Waals surface area contributed by atoms with Gasteiger partial charge in [-0.05, 0) is 37.2 Å². The zero-order valence-corrected chi connectivity index (χ0v) is 11.2. The van der Waals surface area contributed by atoms with Crippen LogP contribution in [0.5, 0.6) is 0 Å². The lowest BCUT2D eigenvalue weighted by Gasteiger charge is -2.24. The van der Waals surface area contributed by atoms with Crippen LogP contribution in [0.2, 0.25) is 0 Å². The maximum Gasteiger partial charge on any atom is 0.165 e. The summed E-state index contributed by atoms with van der Waals surface area (Å²) in [5, 5.41) is 9.47. The van der Waals surface area contributed by atoms with Crippen molar-refractivity contribution in [2.24, 2.45) is 5.92 Å². The van der Waals surface area contributed by atoms with Gasteiger partial charge < -0.3 is 5.11 Å². The van der Waals surface area contributed by atoms with Gasteiger partial charge in [0, 0.05) is 11.5 Å². The molecule has 0 spiro atoms. The Morgan fingerprint density at radius 2 is 1.67 bits per heavy atom. The van der Waals surface area contributed by atoms with Crippen LogP contribution >= 0.6 is 0 Å². The molecule has 0 unspecified atom stereocenters. The van der Waals surface area contributed by atoms with Crippen molar-refractivity contribution in [2.75, 3.05) is 0 Å². The van der Waals surface area contributed by atoms with E-state index < -0.39 is 0 Å². The van der Waals surface area contributed by atoms with Crippen molar-refractivity contribution in [3.8, 4) is 0 Å². The smallest absolute Gasteiger partial charge is 0.165 e. The molecule has 2 heteroatoms. The Labute approximate surface area is 109 Å². The lowest BCUT2D eigenvalue weighted by Crippen LogP contribution is -2.24. The zero-order valence-electron chi connectivity index (χ0n) is 11.2. The van der Waals surface area contributed by atoms with E-state index in [0.717, 1.165) is 31.2 Å². The molecule has 2 nitrogen and oxygen atoms in total. The minimum absolute atomic E-state index is 0.110. The second-order valence-electron chi connectivity index (χ2n) is 5.65. The maximum absolute atomic E-state index is 12.3. The fraction of sp³-hybridized carbons (Fsp3) is 0.562. The van der Waals surface area contributed by atoms with Crippen LogP contribution in [0.4, 0.5) is 0 Å². The molecule has 0 saturated heterocycles. The van der Waals surface area contributed by atoms with Crippen LogP contribution < -0.4 is 0 Å². The molecule has 0 radical (unpaired) electrons. The van der Waals surface area contributed by atoms with Gasteiger partial charge in [-0.1, -0.05) is 38.1 Å². The summed E-state index contributed by atoms with van der Waals surface area (Å²) < 4.78 is 0. The van der Waals surface area contributed by atoms with Gasteiger partial charge in [-0.3, -0.25) is 4.79 Å². The van der Waals surface area contributed by atoms with Crippen LogP contribution in [-0.2, 0) is 0 Å². The van der Waals surface area contributed by atoms with E-state index in [4.69, 9.17) is 0 Å². The van der Waals surface area contributed by atoms with Crippen molar-refractivity contribution in [3.05, 3.63) is 35.4 Å². The van der Waals surface area contributed by atoms with Crippen molar-refractivity contribution in [3.63, 3.8) is 0 Å². The van der Waals surface area contributed by atoms with Gasteiger partial charge in [-0.2, -0.15) is 0 Å². The number of rotatable bonds is 3. The highest BCUT2D eigenvalue weighted by atomic mass is 16.3. The second-order valence-corrected chi connectivity index (χ2v) is 5.65. The number of carbonyl (C=O) groups is 1. The Kier molecular flexibility index (Phi) is 4.18. The summed E-state index contributed by atoms with van der Waals surface area (Å²) in [4.78, 5) is 12.3. The first-order chi connectivity index (χ1) is 8.58. The van der Waals surface area contributed by atoms with E-state index in [0.29, 0.717) is 5.92 Å². The SMILES string of the molecule is CC(C)c1ccc(C(=O)C2CCC(O)CC2)cc1. The molecule has 1 fully saturated rings. The quantitative estimate of drug-likeness (QED) is 0.828. The average Bonchev–Trinajstić information content (AvgIpc) is 2.39. The first-order valence-electron chi connectivity index (χ1n) is 6.90.